The minimum atomic E-state index is -1.92. The molecule has 1 aromatic carbocycles. The molecule has 3 heteroatoms. The SMILES string of the molecule is CC(=O)C(C)(O)C(=O)c1ccc(C)cc1. The van der Waals surface area contributed by atoms with Gasteiger partial charge >= 0.3 is 0 Å². The molecule has 1 N–H and O–H groups in total. The Bertz CT molecular complexity index is 388. The maximum atomic E-state index is 11.7. The number of rotatable bonds is 3. The number of Topliss-reactive ketones (excluding diaryl/α,β-unsaturated/α-hetero) is 2. The van der Waals surface area contributed by atoms with Crippen LogP contribution >= 0.6 is 0 Å². The number of aliphatic hydroxyl groups is 1. The maximum Gasteiger partial charge on any atom is 0.201 e. The number of benzene rings is 1. The van der Waals surface area contributed by atoms with Gasteiger partial charge in [-0.1, -0.05) is 29.8 Å². The van der Waals surface area contributed by atoms with E-state index in [0.29, 0.717) is 5.56 Å². The Morgan fingerprint density at radius 3 is 2.07 bits per heavy atom. The molecule has 1 atom stereocenters. The van der Waals surface area contributed by atoms with Gasteiger partial charge in [0, 0.05) is 5.56 Å². The van der Waals surface area contributed by atoms with Crippen LogP contribution < -0.4 is 0 Å². The van der Waals surface area contributed by atoms with Crippen LogP contribution in [0.15, 0.2) is 24.3 Å². The summed E-state index contributed by atoms with van der Waals surface area (Å²) in [6.07, 6.45) is 0. The van der Waals surface area contributed by atoms with E-state index in [4.69, 9.17) is 0 Å². The summed E-state index contributed by atoms with van der Waals surface area (Å²) in [6, 6.07) is 6.75. The fourth-order valence-electron chi connectivity index (χ4n) is 1.15. The van der Waals surface area contributed by atoms with Crippen LogP contribution in [0, 0.1) is 6.92 Å². The molecule has 0 fully saturated rings. The molecule has 0 heterocycles. The van der Waals surface area contributed by atoms with E-state index in [0.717, 1.165) is 5.56 Å². The minimum absolute atomic E-state index is 0.348. The van der Waals surface area contributed by atoms with Crippen molar-refractivity contribution in [1.29, 1.82) is 0 Å². The number of carbonyl (C=O) groups excluding carboxylic acids is 2. The van der Waals surface area contributed by atoms with Gasteiger partial charge < -0.3 is 5.11 Å². The first-order chi connectivity index (χ1) is 6.85. The molecule has 0 aliphatic carbocycles. The Morgan fingerprint density at radius 2 is 1.67 bits per heavy atom. The number of hydrogen-bond donors (Lipinski definition) is 1. The van der Waals surface area contributed by atoms with Gasteiger partial charge in [-0.05, 0) is 20.8 Å². The summed E-state index contributed by atoms with van der Waals surface area (Å²) in [7, 11) is 0. The van der Waals surface area contributed by atoms with Crippen molar-refractivity contribution in [2.45, 2.75) is 26.4 Å². The van der Waals surface area contributed by atoms with Gasteiger partial charge in [0.05, 0.1) is 0 Å². The normalized spacial score (nSPS) is 14.4. The first kappa shape index (κ1) is 11.6. The quantitative estimate of drug-likeness (QED) is 0.602. The Morgan fingerprint density at radius 1 is 1.20 bits per heavy atom. The first-order valence-corrected chi connectivity index (χ1v) is 4.70. The second-order valence-corrected chi connectivity index (χ2v) is 3.82. The molecule has 0 aliphatic rings. The van der Waals surface area contributed by atoms with Crippen molar-refractivity contribution in [2.24, 2.45) is 0 Å². The van der Waals surface area contributed by atoms with Gasteiger partial charge in [-0.3, -0.25) is 9.59 Å². The van der Waals surface area contributed by atoms with Crippen molar-refractivity contribution in [2.75, 3.05) is 0 Å². The van der Waals surface area contributed by atoms with E-state index >= 15 is 0 Å². The summed E-state index contributed by atoms with van der Waals surface area (Å²) >= 11 is 0. The number of carbonyl (C=O) groups is 2. The minimum Gasteiger partial charge on any atom is -0.374 e. The molecule has 0 saturated carbocycles. The standard InChI is InChI=1S/C12H14O3/c1-8-4-6-10(7-5-8)11(14)12(3,15)9(2)13/h4-7,15H,1-3H3. The van der Waals surface area contributed by atoms with Crippen LogP contribution in [0.1, 0.15) is 29.8 Å². The molecule has 0 amide bonds. The predicted molar refractivity (Wildman–Crippen MR) is 56.8 cm³/mol. The van der Waals surface area contributed by atoms with Crippen molar-refractivity contribution in [3.8, 4) is 0 Å². The van der Waals surface area contributed by atoms with Crippen molar-refractivity contribution in [3.63, 3.8) is 0 Å². The summed E-state index contributed by atoms with van der Waals surface area (Å²) in [6.45, 7) is 4.32. The Kier molecular flexibility index (Phi) is 3.05. The van der Waals surface area contributed by atoms with Gasteiger partial charge in [-0.25, -0.2) is 0 Å². The summed E-state index contributed by atoms with van der Waals surface area (Å²) in [4.78, 5) is 22.8. The second kappa shape index (κ2) is 3.95. The predicted octanol–water partition coefficient (Wildman–Crippen LogP) is 1.52. The van der Waals surface area contributed by atoms with Crippen LogP contribution in [-0.4, -0.2) is 22.3 Å². The highest BCUT2D eigenvalue weighted by molar-refractivity contribution is 6.16. The van der Waals surface area contributed by atoms with E-state index in [1.165, 1.54) is 13.8 Å². The maximum absolute atomic E-state index is 11.7. The molecular weight excluding hydrogens is 192 g/mol. The van der Waals surface area contributed by atoms with Gasteiger partial charge in [0.1, 0.15) is 0 Å². The zero-order valence-electron chi connectivity index (χ0n) is 9.07. The third-order valence-electron chi connectivity index (χ3n) is 2.44. The third kappa shape index (κ3) is 2.30. The van der Waals surface area contributed by atoms with Gasteiger partial charge in [-0.15, -0.1) is 0 Å². The van der Waals surface area contributed by atoms with E-state index in [9.17, 15) is 14.7 Å². The van der Waals surface area contributed by atoms with Crippen molar-refractivity contribution < 1.29 is 14.7 Å². The molecule has 0 aromatic heterocycles. The fourth-order valence-corrected chi connectivity index (χ4v) is 1.15. The lowest BCUT2D eigenvalue weighted by molar-refractivity contribution is -0.129. The topological polar surface area (TPSA) is 54.4 Å². The summed E-state index contributed by atoms with van der Waals surface area (Å²) < 4.78 is 0. The molecule has 0 aliphatic heterocycles. The average molecular weight is 206 g/mol. The van der Waals surface area contributed by atoms with Crippen LogP contribution in [0.5, 0.6) is 0 Å². The lowest BCUT2D eigenvalue weighted by Crippen LogP contribution is -2.42. The van der Waals surface area contributed by atoms with E-state index in [1.807, 2.05) is 6.92 Å². The van der Waals surface area contributed by atoms with Crippen molar-refractivity contribution >= 4 is 11.6 Å². The zero-order chi connectivity index (χ0) is 11.6. The van der Waals surface area contributed by atoms with Gasteiger partial charge in [0.2, 0.25) is 5.78 Å². The molecule has 0 radical (unpaired) electrons. The van der Waals surface area contributed by atoms with Crippen molar-refractivity contribution in [3.05, 3.63) is 35.4 Å². The zero-order valence-corrected chi connectivity index (χ0v) is 9.07. The van der Waals surface area contributed by atoms with E-state index in [-0.39, 0.29) is 0 Å². The van der Waals surface area contributed by atoms with E-state index < -0.39 is 17.2 Å². The second-order valence-electron chi connectivity index (χ2n) is 3.82. The van der Waals surface area contributed by atoms with Crippen LogP contribution in [0.3, 0.4) is 0 Å². The average Bonchev–Trinajstić information content (AvgIpc) is 2.17. The Hall–Kier alpha value is -1.48. The van der Waals surface area contributed by atoms with Crippen LogP contribution in [0.25, 0.3) is 0 Å². The molecule has 3 nitrogen and oxygen atoms in total. The van der Waals surface area contributed by atoms with E-state index in [2.05, 4.69) is 0 Å². The molecule has 0 saturated heterocycles. The Labute approximate surface area is 88.7 Å². The summed E-state index contributed by atoms with van der Waals surface area (Å²) in [5.74, 6) is -1.11. The Balaban J connectivity index is 3.05. The molecule has 1 rings (SSSR count). The number of ketones is 2. The van der Waals surface area contributed by atoms with E-state index in [1.54, 1.807) is 24.3 Å². The largest absolute Gasteiger partial charge is 0.374 e. The van der Waals surface area contributed by atoms with Crippen LogP contribution in [0.4, 0.5) is 0 Å². The fraction of sp³-hybridized carbons (Fsp3) is 0.333. The number of aryl methyl sites for hydroxylation is 1. The van der Waals surface area contributed by atoms with Gasteiger partial charge in [-0.2, -0.15) is 0 Å². The first-order valence-electron chi connectivity index (χ1n) is 4.70. The van der Waals surface area contributed by atoms with Crippen LogP contribution in [-0.2, 0) is 4.79 Å². The third-order valence-corrected chi connectivity index (χ3v) is 2.44. The lowest BCUT2D eigenvalue weighted by Gasteiger charge is -2.18. The highest BCUT2D eigenvalue weighted by Gasteiger charge is 2.35. The smallest absolute Gasteiger partial charge is 0.201 e. The van der Waals surface area contributed by atoms with Gasteiger partial charge in [0.15, 0.2) is 11.4 Å². The van der Waals surface area contributed by atoms with Crippen molar-refractivity contribution in [1.82, 2.24) is 0 Å². The van der Waals surface area contributed by atoms with Gasteiger partial charge in [0.25, 0.3) is 0 Å². The molecule has 15 heavy (non-hydrogen) atoms. The molecule has 1 unspecified atom stereocenters. The highest BCUT2D eigenvalue weighted by Crippen LogP contribution is 2.15. The molecule has 0 bridgehead atoms. The lowest BCUT2D eigenvalue weighted by atomic mass is 9.91. The van der Waals surface area contributed by atoms with Crippen LogP contribution in [0.2, 0.25) is 0 Å². The summed E-state index contributed by atoms with van der Waals surface area (Å²) in [5.41, 5.74) is -0.551. The molecular formula is C12H14O3. The molecule has 80 valence electrons. The number of hydrogen-bond acceptors (Lipinski definition) is 3. The molecule has 0 spiro atoms. The monoisotopic (exact) mass is 206 g/mol. The summed E-state index contributed by atoms with van der Waals surface area (Å²) in [5, 5.41) is 9.68. The highest BCUT2D eigenvalue weighted by atomic mass is 16.3. The molecule has 1 aromatic rings.